The monoisotopic (exact) mass is 173 g/mol. The van der Waals surface area contributed by atoms with Crippen LogP contribution in [0.5, 0.6) is 0 Å². The van der Waals surface area contributed by atoms with Crippen molar-refractivity contribution in [1.82, 2.24) is 4.67 Å². The van der Waals surface area contributed by atoms with Crippen LogP contribution in [0.2, 0.25) is 0 Å². The molecule has 1 aliphatic rings. The maximum atomic E-state index is 11.2. The van der Waals surface area contributed by atoms with E-state index in [-0.39, 0.29) is 5.16 Å². The maximum absolute atomic E-state index is 11.2. The Kier molecular flexibility index (Phi) is 2.54. The molecular formula is C8H16NOP. The van der Waals surface area contributed by atoms with Gasteiger partial charge in [0.05, 0.1) is 0 Å². The number of carbonyl (C=O) groups is 1. The second-order valence-corrected chi connectivity index (χ2v) is 6.27. The minimum atomic E-state index is 0.278. The second kappa shape index (κ2) is 3.10. The lowest BCUT2D eigenvalue weighted by molar-refractivity contribution is -0.123. The predicted octanol–water partition coefficient (Wildman–Crippen LogP) is 2.00. The summed E-state index contributed by atoms with van der Waals surface area (Å²) < 4.78 is 2.00. The van der Waals surface area contributed by atoms with E-state index in [2.05, 4.69) is 20.8 Å². The van der Waals surface area contributed by atoms with Gasteiger partial charge in [0.25, 0.3) is 0 Å². The molecule has 0 aromatic heterocycles. The molecular weight excluding hydrogens is 157 g/mol. The number of nitrogens with zero attached hydrogens (tertiary/aromatic N) is 1. The molecule has 1 atom stereocenters. The Labute approximate surface area is 70.2 Å². The molecule has 1 fully saturated rings. The summed E-state index contributed by atoms with van der Waals surface area (Å²) in [4.78, 5) is 11.2. The smallest absolute Gasteiger partial charge is 0.225 e. The van der Waals surface area contributed by atoms with Gasteiger partial charge < -0.3 is 4.67 Å². The van der Waals surface area contributed by atoms with Gasteiger partial charge in [-0.15, -0.1) is 0 Å². The minimum Gasteiger partial charge on any atom is -0.324 e. The molecule has 11 heavy (non-hydrogen) atoms. The number of amides is 1. The highest BCUT2D eigenvalue weighted by molar-refractivity contribution is 7.38. The fourth-order valence-corrected chi connectivity index (χ4v) is 2.49. The van der Waals surface area contributed by atoms with Crippen LogP contribution < -0.4 is 0 Å². The van der Waals surface area contributed by atoms with Gasteiger partial charge in [0.1, 0.15) is 0 Å². The van der Waals surface area contributed by atoms with Crippen molar-refractivity contribution in [3.05, 3.63) is 0 Å². The average molecular weight is 173 g/mol. The van der Waals surface area contributed by atoms with Crippen LogP contribution in [0.15, 0.2) is 0 Å². The summed E-state index contributed by atoms with van der Waals surface area (Å²) in [5, 5.41) is 0.278. The molecule has 2 nitrogen and oxygen atoms in total. The van der Waals surface area contributed by atoms with Crippen LogP contribution >= 0.6 is 8.73 Å². The highest BCUT2D eigenvalue weighted by atomic mass is 31.1. The Bertz CT molecular complexity index is 162. The van der Waals surface area contributed by atoms with Crippen LogP contribution in [-0.2, 0) is 4.79 Å². The van der Waals surface area contributed by atoms with Gasteiger partial charge in [-0.1, -0.05) is 20.8 Å². The second-order valence-electron chi connectivity index (χ2n) is 4.01. The maximum Gasteiger partial charge on any atom is 0.225 e. The predicted molar refractivity (Wildman–Crippen MR) is 49.0 cm³/mol. The van der Waals surface area contributed by atoms with Crippen molar-refractivity contribution >= 4 is 14.6 Å². The Hall–Kier alpha value is -0.100. The summed E-state index contributed by atoms with van der Waals surface area (Å²) >= 11 is 0. The normalized spacial score (nSPS) is 20.6. The lowest BCUT2D eigenvalue weighted by atomic mass is 10.3. The first-order chi connectivity index (χ1) is 4.99. The molecule has 0 spiro atoms. The Balaban J connectivity index is 2.43. The van der Waals surface area contributed by atoms with Crippen LogP contribution in [0.3, 0.4) is 0 Å². The van der Waals surface area contributed by atoms with Crippen LogP contribution in [0.1, 0.15) is 33.6 Å². The molecule has 0 saturated carbocycles. The van der Waals surface area contributed by atoms with Gasteiger partial charge in [-0.2, -0.15) is 0 Å². The summed E-state index contributed by atoms with van der Waals surface area (Å²) in [6.07, 6.45) is 1.82. The van der Waals surface area contributed by atoms with E-state index in [9.17, 15) is 4.79 Å². The molecule has 0 N–H and O–H groups in total. The van der Waals surface area contributed by atoms with Gasteiger partial charge in [0.15, 0.2) is 0 Å². The van der Waals surface area contributed by atoms with Gasteiger partial charge >= 0.3 is 0 Å². The van der Waals surface area contributed by atoms with Gasteiger partial charge in [0.2, 0.25) is 5.91 Å². The highest BCUT2D eigenvalue weighted by Gasteiger charge is 2.24. The molecule has 0 radical (unpaired) electrons. The van der Waals surface area contributed by atoms with Gasteiger partial charge in [0, 0.05) is 13.0 Å². The van der Waals surface area contributed by atoms with Crippen LogP contribution in [0, 0.1) is 0 Å². The summed E-state index contributed by atoms with van der Waals surface area (Å²) in [6, 6.07) is 0. The van der Waals surface area contributed by atoms with E-state index in [1.165, 1.54) is 0 Å². The van der Waals surface area contributed by atoms with E-state index in [0.717, 1.165) is 19.4 Å². The van der Waals surface area contributed by atoms with Crippen molar-refractivity contribution < 1.29 is 4.79 Å². The number of hydrogen-bond acceptors (Lipinski definition) is 1. The van der Waals surface area contributed by atoms with Crippen molar-refractivity contribution in [2.75, 3.05) is 6.54 Å². The van der Waals surface area contributed by atoms with Crippen LogP contribution in [0.25, 0.3) is 0 Å². The Morgan fingerprint density at radius 1 is 1.45 bits per heavy atom. The van der Waals surface area contributed by atoms with Crippen LogP contribution in [-0.4, -0.2) is 22.3 Å². The first kappa shape index (κ1) is 8.99. The van der Waals surface area contributed by atoms with E-state index in [1.54, 1.807) is 0 Å². The van der Waals surface area contributed by atoms with E-state index >= 15 is 0 Å². The molecule has 64 valence electrons. The molecule has 1 aliphatic heterocycles. The highest BCUT2D eigenvalue weighted by Crippen LogP contribution is 2.37. The van der Waals surface area contributed by atoms with Crippen molar-refractivity contribution in [3.8, 4) is 0 Å². The molecule has 1 rings (SSSR count). The van der Waals surface area contributed by atoms with Gasteiger partial charge in [-0.05, 0) is 20.3 Å². The van der Waals surface area contributed by atoms with E-state index in [4.69, 9.17) is 0 Å². The molecule has 0 aliphatic carbocycles. The summed E-state index contributed by atoms with van der Waals surface area (Å²) in [7, 11) is 0.659. The van der Waals surface area contributed by atoms with E-state index in [0.29, 0.717) is 14.6 Å². The van der Waals surface area contributed by atoms with Gasteiger partial charge in [-0.25, -0.2) is 0 Å². The minimum absolute atomic E-state index is 0.278. The molecule has 1 amide bonds. The lowest BCUT2D eigenvalue weighted by Gasteiger charge is -2.25. The first-order valence-electron chi connectivity index (χ1n) is 4.07. The number of carbonyl (C=O) groups excluding carboxylic acids is 1. The van der Waals surface area contributed by atoms with Crippen molar-refractivity contribution in [2.45, 2.75) is 38.8 Å². The van der Waals surface area contributed by atoms with E-state index < -0.39 is 0 Å². The Morgan fingerprint density at radius 3 is 2.45 bits per heavy atom. The molecule has 1 unspecified atom stereocenters. The standard InChI is InChI=1S/C8H16NOP/c1-8(2,3)11-9-6-4-5-7(9)10/h11H,4-6H2,1-3H3. The summed E-state index contributed by atoms with van der Waals surface area (Å²) in [6.45, 7) is 7.51. The third-order valence-corrected chi connectivity index (χ3v) is 2.96. The van der Waals surface area contributed by atoms with Crippen LogP contribution in [0.4, 0.5) is 0 Å². The third kappa shape index (κ3) is 2.78. The molecule has 0 bridgehead atoms. The molecule has 1 heterocycles. The molecule has 0 aromatic rings. The molecule has 3 heteroatoms. The topological polar surface area (TPSA) is 20.3 Å². The first-order valence-corrected chi connectivity index (χ1v) is 5.02. The largest absolute Gasteiger partial charge is 0.324 e. The van der Waals surface area contributed by atoms with Crippen molar-refractivity contribution in [1.29, 1.82) is 0 Å². The fraction of sp³-hybridized carbons (Fsp3) is 0.875. The summed E-state index contributed by atoms with van der Waals surface area (Å²) in [5.41, 5.74) is 0. The lowest BCUT2D eigenvalue weighted by Crippen LogP contribution is -2.21. The number of hydrogen-bond donors (Lipinski definition) is 0. The quantitative estimate of drug-likeness (QED) is 0.555. The zero-order chi connectivity index (χ0) is 8.48. The molecule has 1 saturated heterocycles. The SMILES string of the molecule is CC(C)(C)PN1CCCC1=O. The average Bonchev–Trinajstić information content (AvgIpc) is 2.12. The van der Waals surface area contributed by atoms with Gasteiger partial charge in [-0.3, -0.25) is 4.79 Å². The van der Waals surface area contributed by atoms with Crippen molar-refractivity contribution in [2.24, 2.45) is 0 Å². The zero-order valence-electron chi connectivity index (χ0n) is 7.48. The fourth-order valence-electron chi connectivity index (χ4n) is 1.17. The Morgan fingerprint density at radius 2 is 2.09 bits per heavy atom. The van der Waals surface area contributed by atoms with Crippen molar-refractivity contribution in [3.63, 3.8) is 0 Å². The zero-order valence-corrected chi connectivity index (χ0v) is 8.48. The third-order valence-electron chi connectivity index (χ3n) is 1.54. The van der Waals surface area contributed by atoms with E-state index in [1.807, 2.05) is 4.67 Å². The molecule has 0 aromatic carbocycles. The number of rotatable bonds is 1. The summed E-state index contributed by atoms with van der Waals surface area (Å²) in [5.74, 6) is 0.346.